The standard InChI is InChI=1S/C5H11NO4S2.Na.H/c1-3-4-12(8,9)10-5(7)6-11-2;;/h3-4H2,1-2H3,(H,6,7);;/q;+1;-1. The molecule has 0 fully saturated rings. The first kappa shape index (κ1) is 16.0. The summed E-state index contributed by atoms with van der Waals surface area (Å²) in [7, 11) is -3.68. The van der Waals surface area contributed by atoms with Crippen molar-refractivity contribution in [1.29, 1.82) is 0 Å². The summed E-state index contributed by atoms with van der Waals surface area (Å²) in [6.07, 6.45) is 1.07. The zero-order chi connectivity index (χ0) is 9.61. The van der Waals surface area contributed by atoms with Gasteiger partial charge in [-0.25, -0.2) is 4.79 Å². The third-order valence-electron chi connectivity index (χ3n) is 0.842. The molecule has 0 unspecified atom stereocenters. The van der Waals surface area contributed by atoms with Crippen LogP contribution < -0.4 is 34.3 Å². The molecule has 0 radical (unpaired) electrons. The summed E-state index contributed by atoms with van der Waals surface area (Å²) in [6.45, 7) is 1.69. The number of hydrogen-bond donors (Lipinski definition) is 1. The maximum Gasteiger partial charge on any atom is 1.00 e. The van der Waals surface area contributed by atoms with E-state index in [0.29, 0.717) is 6.42 Å². The fourth-order valence-corrected chi connectivity index (χ4v) is 1.62. The van der Waals surface area contributed by atoms with Crippen LogP contribution in [-0.4, -0.2) is 26.5 Å². The Morgan fingerprint density at radius 1 is 1.62 bits per heavy atom. The predicted octanol–water partition coefficient (Wildman–Crippen LogP) is -2.15. The number of carbonyl (C=O) groups is 1. The topological polar surface area (TPSA) is 72.5 Å². The van der Waals surface area contributed by atoms with Gasteiger partial charge in [-0.15, -0.1) is 0 Å². The Kier molecular flexibility index (Phi) is 9.77. The monoisotopic (exact) mass is 237 g/mol. The van der Waals surface area contributed by atoms with E-state index >= 15 is 0 Å². The van der Waals surface area contributed by atoms with Crippen molar-refractivity contribution in [2.24, 2.45) is 0 Å². The zero-order valence-electron chi connectivity index (χ0n) is 8.86. The molecule has 0 rings (SSSR count). The normalized spacial score (nSPS) is 10.0. The number of amides is 1. The first-order valence-corrected chi connectivity index (χ1v) is 6.07. The second-order valence-corrected chi connectivity index (χ2v) is 4.24. The van der Waals surface area contributed by atoms with Gasteiger partial charge in [-0.2, -0.15) is 8.42 Å². The molecule has 0 spiro atoms. The number of hydrogen-bond acceptors (Lipinski definition) is 5. The van der Waals surface area contributed by atoms with Crippen molar-refractivity contribution in [2.75, 3.05) is 12.0 Å². The van der Waals surface area contributed by atoms with Gasteiger partial charge in [0.1, 0.15) is 0 Å². The molecule has 0 saturated carbocycles. The van der Waals surface area contributed by atoms with E-state index in [1.165, 1.54) is 0 Å². The summed E-state index contributed by atoms with van der Waals surface area (Å²) in [5.41, 5.74) is 0. The molecule has 0 aliphatic heterocycles. The molecular formula is C5H12NNaO4S2. The smallest absolute Gasteiger partial charge is 1.00 e. The molecule has 0 atom stereocenters. The van der Waals surface area contributed by atoms with Gasteiger partial charge in [-0.05, 0) is 6.42 Å². The van der Waals surface area contributed by atoms with E-state index in [1.807, 2.05) is 0 Å². The van der Waals surface area contributed by atoms with Gasteiger partial charge >= 0.3 is 45.8 Å². The van der Waals surface area contributed by atoms with Crippen LogP contribution in [0, 0.1) is 0 Å². The molecule has 5 nitrogen and oxygen atoms in total. The van der Waals surface area contributed by atoms with Gasteiger partial charge < -0.3 is 5.61 Å². The molecule has 0 aromatic carbocycles. The van der Waals surface area contributed by atoms with Crippen LogP contribution in [0.5, 0.6) is 0 Å². The summed E-state index contributed by atoms with van der Waals surface area (Å²) in [5.74, 6) is -0.144. The van der Waals surface area contributed by atoms with E-state index in [2.05, 4.69) is 8.91 Å². The van der Waals surface area contributed by atoms with Crippen molar-refractivity contribution >= 4 is 28.2 Å². The third-order valence-corrected chi connectivity index (χ3v) is 2.53. The molecule has 0 aliphatic rings. The van der Waals surface area contributed by atoms with Gasteiger partial charge in [-0.3, -0.25) is 4.72 Å². The van der Waals surface area contributed by atoms with Crippen LogP contribution in [-0.2, 0) is 14.3 Å². The number of rotatable bonds is 4. The van der Waals surface area contributed by atoms with Crippen LogP contribution in [0.4, 0.5) is 4.79 Å². The van der Waals surface area contributed by atoms with E-state index in [0.717, 1.165) is 11.9 Å². The fourth-order valence-electron chi connectivity index (χ4n) is 0.507. The van der Waals surface area contributed by atoms with Crippen molar-refractivity contribution in [1.82, 2.24) is 4.72 Å². The second kappa shape index (κ2) is 7.93. The fraction of sp³-hybridized carbons (Fsp3) is 0.800. The van der Waals surface area contributed by atoms with Crippen LogP contribution in [0.1, 0.15) is 14.8 Å². The predicted molar refractivity (Wildman–Crippen MR) is 48.3 cm³/mol. The summed E-state index contributed by atoms with van der Waals surface area (Å²) < 4.78 is 27.9. The van der Waals surface area contributed by atoms with E-state index in [-0.39, 0.29) is 36.7 Å². The van der Waals surface area contributed by atoms with E-state index in [4.69, 9.17) is 0 Å². The maximum absolute atomic E-state index is 10.8. The van der Waals surface area contributed by atoms with Crippen molar-refractivity contribution in [3.63, 3.8) is 0 Å². The van der Waals surface area contributed by atoms with Crippen LogP contribution >= 0.6 is 11.9 Å². The Labute approximate surface area is 106 Å². The Hall–Kier alpha value is 0.570. The van der Waals surface area contributed by atoms with E-state index in [9.17, 15) is 13.2 Å². The quantitative estimate of drug-likeness (QED) is 0.343. The summed E-state index contributed by atoms with van der Waals surface area (Å²) in [4.78, 5) is 10.6. The summed E-state index contributed by atoms with van der Waals surface area (Å²) >= 11 is 0.980. The van der Waals surface area contributed by atoms with Crippen LogP contribution in [0.25, 0.3) is 0 Å². The van der Waals surface area contributed by atoms with Crippen molar-refractivity contribution < 1.29 is 48.4 Å². The molecule has 0 aliphatic carbocycles. The molecule has 0 bridgehead atoms. The number of nitrogens with one attached hydrogen (secondary N) is 1. The van der Waals surface area contributed by atoms with E-state index < -0.39 is 16.2 Å². The molecule has 74 valence electrons. The SMILES string of the molecule is CCCS(=O)(=O)OC(=O)NSC.[H-].[Na+]. The molecular weight excluding hydrogens is 225 g/mol. The summed E-state index contributed by atoms with van der Waals surface area (Å²) in [5, 5.41) is 0. The van der Waals surface area contributed by atoms with Gasteiger partial charge in [-0.1, -0.05) is 18.9 Å². The largest absolute Gasteiger partial charge is 1.00 e. The van der Waals surface area contributed by atoms with Gasteiger partial charge in [0.05, 0.1) is 5.75 Å². The molecule has 0 aromatic rings. The Bertz CT molecular complexity index is 246. The van der Waals surface area contributed by atoms with Gasteiger partial charge in [0.2, 0.25) is 0 Å². The van der Waals surface area contributed by atoms with Crippen LogP contribution in [0.15, 0.2) is 0 Å². The Morgan fingerprint density at radius 3 is 2.54 bits per heavy atom. The minimum absolute atomic E-state index is 0. The molecule has 8 heteroatoms. The zero-order valence-corrected chi connectivity index (χ0v) is 11.5. The minimum atomic E-state index is -3.68. The molecule has 1 N–H and O–H groups in total. The average molecular weight is 237 g/mol. The number of carbonyl (C=O) groups excluding carboxylic acids is 1. The van der Waals surface area contributed by atoms with Crippen LogP contribution in [0.3, 0.4) is 0 Å². The molecule has 0 saturated heterocycles. The van der Waals surface area contributed by atoms with Crippen molar-refractivity contribution in [3.8, 4) is 0 Å². The molecule has 1 amide bonds. The Balaban J connectivity index is -0.000000605. The molecule has 0 heterocycles. The first-order chi connectivity index (χ1) is 5.52. The minimum Gasteiger partial charge on any atom is -1.00 e. The third kappa shape index (κ3) is 8.89. The van der Waals surface area contributed by atoms with Crippen molar-refractivity contribution in [3.05, 3.63) is 0 Å². The summed E-state index contributed by atoms with van der Waals surface area (Å²) in [6, 6.07) is 0. The first-order valence-electron chi connectivity index (χ1n) is 3.27. The van der Waals surface area contributed by atoms with Gasteiger partial charge in [0.15, 0.2) is 0 Å². The van der Waals surface area contributed by atoms with Crippen LogP contribution in [0.2, 0.25) is 0 Å². The average Bonchev–Trinajstić information content (AvgIpc) is 1.85. The molecule has 13 heavy (non-hydrogen) atoms. The molecule has 0 aromatic heterocycles. The maximum atomic E-state index is 10.8. The van der Waals surface area contributed by atoms with Gasteiger partial charge in [0, 0.05) is 6.26 Å². The van der Waals surface area contributed by atoms with E-state index in [1.54, 1.807) is 13.2 Å². The second-order valence-electron chi connectivity index (χ2n) is 1.94. The van der Waals surface area contributed by atoms with Crippen molar-refractivity contribution in [2.45, 2.75) is 13.3 Å². The Morgan fingerprint density at radius 2 is 2.15 bits per heavy atom. The van der Waals surface area contributed by atoms with Gasteiger partial charge in [0.25, 0.3) is 0 Å².